The number of hydrogen-bond acceptors (Lipinski definition) is 6. The molecule has 0 saturated carbocycles. The number of carbonyl (C=O) groups is 1. The highest BCUT2D eigenvalue weighted by molar-refractivity contribution is 5.95. The van der Waals surface area contributed by atoms with Crippen LogP contribution < -0.4 is 16.7 Å². The van der Waals surface area contributed by atoms with Crippen LogP contribution in [-0.2, 0) is 0 Å². The Morgan fingerprint density at radius 1 is 1.30 bits per heavy atom. The molecule has 1 aliphatic rings. The molecule has 1 aliphatic heterocycles. The maximum absolute atomic E-state index is 12.1. The van der Waals surface area contributed by atoms with E-state index in [0.717, 1.165) is 25.9 Å². The van der Waals surface area contributed by atoms with E-state index in [0.29, 0.717) is 5.56 Å². The van der Waals surface area contributed by atoms with Gasteiger partial charge in [0.25, 0.3) is 11.6 Å². The molecular formula is C12H17N5O3. The van der Waals surface area contributed by atoms with Crippen molar-refractivity contribution >= 4 is 17.3 Å². The van der Waals surface area contributed by atoms with Crippen molar-refractivity contribution in [3.63, 3.8) is 0 Å². The molecular weight excluding hydrogens is 262 g/mol. The molecule has 1 amide bonds. The molecule has 0 radical (unpaired) electrons. The van der Waals surface area contributed by atoms with Crippen LogP contribution in [0, 0.1) is 10.1 Å². The first-order valence-electron chi connectivity index (χ1n) is 6.43. The van der Waals surface area contributed by atoms with Crippen LogP contribution in [0.15, 0.2) is 18.2 Å². The second-order valence-electron chi connectivity index (χ2n) is 4.62. The molecule has 20 heavy (non-hydrogen) atoms. The van der Waals surface area contributed by atoms with Gasteiger partial charge in [-0.2, -0.15) is 0 Å². The summed E-state index contributed by atoms with van der Waals surface area (Å²) in [4.78, 5) is 22.3. The molecule has 0 spiro atoms. The first-order chi connectivity index (χ1) is 9.61. The fraction of sp³-hybridized carbons (Fsp3) is 0.417. The maximum atomic E-state index is 12.1. The van der Waals surface area contributed by atoms with Crippen LogP contribution in [-0.4, -0.2) is 28.9 Å². The minimum Gasteiger partial charge on any atom is -0.318 e. The summed E-state index contributed by atoms with van der Waals surface area (Å²) >= 11 is 0. The number of benzene rings is 1. The van der Waals surface area contributed by atoms with E-state index < -0.39 is 4.92 Å². The van der Waals surface area contributed by atoms with Gasteiger partial charge in [0, 0.05) is 24.7 Å². The normalized spacial score (nSPS) is 15.7. The average molecular weight is 279 g/mol. The minimum absolute atomic E-state index is 0.112. The van der Waals surface area contributed by atoms with Crippen molar-refractivity contribution in [3.05, 3.63) is 33.9 Å². The summed E-state index contributed by atoms with van der Waals surface area (Å²) in [5, 5.41) is 12.6. The van der Waals surface area contributed by atoms with Crippen molar-refractivity contribution in [2.45, 2.75) is 19.3 Å². The van der Waals surface area contributed by atoms with Gasteiger partial charge in [-0.15, -0.1) is 0 Å². The summed E-state index contributed by atoms with van der Waals surface area (Å²) in [6.45, 7) is 1.64. The number of nitrogen functional groups attached to an aromatic ring is 1. The van der Waals surface area contributed by atoms with Crippen LogP contribution in [0.3, 0.4) is 0 Å². The van der Waals surface area contributed by atoms with E-state index in [9.17, 15) is 14.9 Å². The predicted octanol–water partition coefficient (Wildman–Crippen LogP) is 1.01. The monoisotopic (exact) mass is 279 g/mol. The molecule has 1 saturated heterocycles. The van der Waals surface area contributed by atoms with Crippen molar-refractivity contribution < 1.29 is 9.72 Å². The highest BCUT2D eigenvalue weighted by atomic mass is 16.6. The molecule has 2 rings (SSSR count). The van der Waals surface area contributed by atoms with E-state index in [1.807, 2.05) is 5.01 Å². The van der Waals surface area contributed by atoms with Gasteiger partial charge < -0.3 is 5.43 Å². The molecule has 0 bridgehead atoms. The van der Waals surface area contributed by atoms with Crippen molar-refractivity contribution in [3.8, 4) is 0 Å². The Morgan fingerprint density at radius 2 is 2.00 bits per heavy atom. The first kappa shape index (κ1) is 14.2. The van der Waals surface area contributed by atoms with Gasteiger partial charge in [-0.1, -0.05) is 6.42 Å². The Bertz CT molecular complexity index is 514. The van der Waals surface area contributed by atoms with Crippen LogP contribution in [0.2, 0.25) is 0 Å². The third-order valence-electron chi connectivity index (χ3n) is 3.23. The standard InChI is InChI=1S/C12H17N5O3/c13-14-10-8-9(4-5-11(10)17(19)20)12(18)15-16-6-2-1-3-7-16/h4-5,8,14H,1-3,6-7,13H2,(H,15,18). The van der Waals surface area contributed by atoms with Crippen molar-refractivity contribution in [1.29, 1.82) is 0 Å². The second-order valence-corrected chi connectivity index (χ2v) is 4.62. The zero-order valence-electron chi connectivity index (χ0n) is 11.0. The quantitative estimate of drug-likeness (QED) is 0.430. The number of amides is 1. The number of anilines is 1. The molecule has 0 aromatic heterocycles. The van der Waals surface area contributed by atoms with Crippen LogP contribution in [0.4, 0.5) is 11.4 Å². The Labute approximate surface area is 116 Å². The predicted molar refractivity (Wildman–Crippen MR) is 73.8 cm³/mol. The number of hydrogen-bond donors (Lipinski definition) is 3. The van der Waals surface area contributed by atoms with Gasteiger partial charge >= 0.3 is 0 Å². The summed E-state index contributed by atoms with van der Waals surface area (Å²) in [7, 11) is 0. The topological polar surface area (TPSA) is 114 Å². The van der Waals surface area contributed by atoms with Crippen LogP contribution in [0.25, 0.3) is 0 Å². The smallest absolute Gasteiger partial charge is 0.293 e. The highest BCUT2D eigenvalue weighted by Crippen LogP contribution is 2.24. The lowest BCUT2D eigenvalue weighted by Gasteiger charge is -2.26. The molecule has 8 heteroatoms. The number of hydrazine groups is 2. The third-order valence-corrected chi connectivity index (χ3v) is 3.23. The van der Waals surface area contributed by atoms with Crippen LogP contribution in [0.5, 0.6) is 0 Å². The second kappa shape index (κ2) is 6.31. The Morgan fingerprint density at radius 3 is 2.60 bits per heavy atom. The molecule has 1 aromatic carbocycles. The van der Waals surface area contributed by atoms with Gasteiger partial charge in [-0.05, 0) is 25.0 Å². The lowest BCUT2D eigenvalue weighted by Crippen LogP contribution is -2.45. The largest absolute Gasteiger partial charge is 0.318 e. The summed E-state index contributed by atoms with van der Waals surface area (Å²) in [5.41, 5.74) is 5.31. The Balaban J connectivity index is 2.11. The number of nitrogens with two attached hydrogens (primary N) is 1. The van der Waals surface area contributed by atoms with E-state index >= 15 is 0 Å². The van der Waals surface area contributed by atoms with E-state index in [2.05, 4.69) is 10.9 Å². The molecule has 1 heterocycles. The summed E-state index contributed by atoms with van der Waals surface area (Å²) in [6, 6.07) is 4.05. The minimum atomic E-state index is -0.554. The highest BCUT2D eigenvalue weighted by Gasteiger charge is 2.18. The summed E-state index contributed by atoms with van der Waals surface area (Å²) < 4.78 is 0. The van der Waals surface area contributed by atoms with Gasteiger partial charge in [0.05, 0.1) is 4.92 Å². The lowest BCUT2D eigenvalue weighted by molar-refractivity contribution is -0.384. The Kier molecular flexibility index (Phi) is 4.49. The molecule has 1 fully saturated rings. The van der Waals surface area contributed by atoms with Crippen molar-refractivity contribution in [2.24, 2.45) is 5.84 Å². The Hall–Kier alpha value is -2.19. The van der Waals surface area contributed by atoms with Gasteiger partial charge in [-0.25, -0.2) is 5.01 Å². The SMILES string of the molecule is NNc1cc(C(=O)NN2CCCCC2)ccc1[N+](=O)[O-]. The first-order valence-corrected chi connectivity index (χ1v) is 6.43. The molecule has 8 nitrogen and oxygen atoms in total. The van der Waals surface area contributed by atoms with Gasteiger partial charge in [0.1, 0.15) is 5.69 Å². The molecule has 4 N–H and O–H groups in total. The van der Waals surface area contributed by atoms with Crippen LogP contribution >= 0.6 is 0 Å². The number of piperidine rings is 1. The van der Waals surface area contributed by atoms with E-state index in [1.165, 1.54) is 24.6 Å². The van der Waals surface area contributed by atoms with Gasteiger partial charge in [-0.3, -0.25) is 26.2 Å². The number of nitrogens with zero attached hydrogens (tertiary/aromatic N) is 2. The number of nitro benzene ring substituents is 1. The zero-order chi connectivity index (χ0) is 14.5. The summed E-state index contributed by atoms with van der Waals surface area (Å²) in [5.74, 6) is 4.95. The van der Waals surface area contributed by atoms with E-state index in [1.54, 1.807) is 0 Å². The number of rotatable bonds is 4. The molecule has 0 unspecified atom stereocenters. The fourth-order valence-corrected chi connectivity index (χ4v) is 2.17. The molecule has 0 aliphatic carbocycles. The maximum Gasteiger partial charge on any atom is 0.293 e. The number of nitrogens with one attached hydrogen (secondary N) is 2. The van der Waals surface area contributed by atoms with Crippen LogP contribution in [0.1, 0.15) is 29.6 Å². The van der Waals surface area contributed by atoms with Crippen molar-refractivity contribution in [2.75, 3.05) is 18.5 Å². The van der Waals surface area contributed by atoms with E-state index in [4.69, 9.17) is 5.84 Å². The fourth-order valence-electron chi connectivity index (χ4n) is 2.17. The third kappa shape index (κ3) is 3.22. The van der Waals surface area contributed by atoms with Gasteiger partial charge in [0.2, 0.25) is 0 Å². The van der Waals surface area contributed by atoms with Crippen molar-refractivity contribution in [1.82, 2.24) is 10.4 Å². The summed E-state index contributed by atoms with van der Waals surface area (Å²) in [6.07, 6.45) is 3.28. The molecule has 0 atom stereocenters. The molecule has 1 aromatic rings. The average Bonchev–Trinajstić information content (AvgIpc) is 2.47. The zero-order valence-corrected chi connectivity index (χ0v) is 11.0. The number of carbonyl (C=O) groups excluding carboxylic acids is 1. The van der Waals surface area contributed by atoms with E-state index in [-0.39, 0.29) is 17.3 Å². The lowest BCUT2D eigenvalue weighted by atomic mass is 10.1. The molecule has 108 valence electrons. The number of nitro groups is 1. The van der Waals surface area contributed by atoms with Gasteiger partial charge in [0.15, 0.2) is 0 Å².